The van der Waals surface area contributed by atoms with Crippen LogP contribution in [0.4, 0.5) is 10.6 Å². The molecule has 1 fully saturated rings. The fraction of sp³-hybridized carbons (Fsp3) is 0.478. The van der Waals surface area contributed by atoms with Crippen LogP contribution in [0.25, 0.3) is 0 Å². The van der Waals surface area contributed by atoms with Crippen LogP contribution in [0.5, 0.6) is 0 Å². The van der Waals surface area contributed by atoms with E-state index in [1.165, 1.54) is 5.56 Å². The Morgan fingerprint density at radius 3 is 2.40 bits per heavy atom. The van der Waals surface area contributed by atoms with E-state index < -0.39 is 0 Å². The van der Waals surface area contributed by atoms with Crippen molar-refractivity contribution < 1.29 is 4.79 Å². The fourth-order valence-electron chi connectivity index (χ4n) is 3.52. The van der Waals surface area contributed by atoms with E-state index in [4.69, 9.17) is 0 Å². The highest BCUT2D eigenvalue weighted by atomic mass is 16.2. The number of hydrogen-bond donors (Lipinski definition) is 2. The molecular weight excluding hydrogens is 376 g/mol. The summed E-state index contributed by atoms with van der Waals surface area (Å²) in [5.41, 5.74) is 2.27. The van der Waals surface area contributed by atoms with Gasteiger partial charge in [-0.3, -0.25) is 0 Å². The van der Waals surface area contributed by atoms with Crippen LogP contribution >= 0.6 is 0 Å². The number of hydrogen-bond acceptors (Lipinski definition) is 5. The Morgan fingerprint density at radius 1 is 1.03 bits per heavy atom. The van der Waals surface area contributed by atoms with Crippen LogP contribution in [0.1, 0.15) is 11.1 Å². The van der Waals surface area contributed by atoms with Gasteiger partial charge in [0.25, 0.3) is 0 Å². The lowest BCUT2D eigenvalue weighted by Gasteiger charge is -2.33. The highest BCUT2D eigenvalue weighted by molar-refractivity contribution is 5.73. The maximum absolute atomic E-state index is 12.3. The Balaban J connectivity index is 1.42. The summed E-state index contributed by atoms with van der Waals surface area (Å²) in [7, 11) is 6.23. The highest BCUT2D eigenvalue weighted by Crippen LogP contribution is 2.13. The molecule has 1 aromatic carbocycles. The fourth-order valence-corrected chi connectivity index (χ4v) is 3.52. The number of carbonyl (C=O) groups excluding carboxylic acids is 1. The van der Waals surface area contributed by atoms with Crippen LogP contribution < -0.4 is 15.5 Å². The molecule has 30 heavy (non-hydrogen) atoms. The van der Waals surface area contributed by atoms with Gasteiger partial charge in [0.15, 0.2) is 0 Å². The molecule has 0 bridgehead atoms. The molecule has 0 aliphatic carbocycles. The van der Waals surface area contributed by atoms with Crippen molar-refractivity contribution in [2.24, 2.45) is 0 Å². The third-order valence-corrected chi connectivity index (χ3v) is 5.63. The highest BCUT2D eigenvalue weighted by Gasteiger charge is 2.16. The molecule has 162 valence electrons. The topological polar surface area (TPSA) is 63.7 Å². The van der Waals surface area contributed by atoms with E-state index in [9.17, 15) is 4.79 Å². The number of rotatable bonds is 8. The molecule has 2 heterocycles. The molecule has 7 heteroatoms. The minimum atomic E-state index is -0.155. The Kier molecular flexibility index (Phi) is 8.04. The Labute approximate surface area is 180 Å². The molecule has 1 atom stereocenters. The molecule has 2 aromatic rings. The van der Waals surface area contributed by atoms with Crippen molar-refractivity contribution >= 4 is 11.8 Å². The molecule has 1 aliphatic heterocycles. The van der Waals surface area contributed by atoms with Gasteiger partial charge >= 0.3 is 6.03 Å². The molecule has 0 saturated carbocycles. The van der Waals surface area contributed by atoms with Gasteiger partial charge in [0.2, 0.25) is 0 Å². The van der Waals surface area contributed by atoms with Crippen LogP contribution in [-0.4, -0.2) is 80.7 Å². The zero-order chi connectivity index (χ0) is 21.3. The lowest BCUT2D eigenvalue weighted by molar-refractivity contribution is 0.231. The summed E-state index contributed by atoms with van der Waals surface area (Å²) < 4.78 is 0. The number of pyridine rings is 1. The Bertz CT molecular complexity index is 772. The zero-order valence-electron chi connectivity index (χ0n) is 18.3. The van der Waals surface area contributed by atoms with Crippen molar-refractivity contribution in [3.8, 4) is 0 Å². The summed E-state index contributed by atoms with van der Waals surface area (Å²) in [4.78, 5) is 23.6. The van der Waals surface area contributed by atoms with Gasteiger partial charge in [-0.05, 0) is 44.8 Å². The van der Waals surface area contributed by atoms with Crippen LogP contribution in [-0.2, 0) is 13.0 Å². The van der Waals surface area contributed by atoms with E-state index in [1.807, 2.05) is 50.6 Å². The van der Waals surface area contributed by atoms with E-state index in [0.717, 1.165) is 44.0 Å². The summed E-state index contributed by atoms with van der Waals surface area (Å²) in [6.07, 6.45) is 2.75. The second kappa shape index (κ2) is 10.9. The quantitative estimate of drug-likeness (QED) is 0.695. The Morgan fingerprint density at radius 2 is 1.77 bits per heavy atom. The van der Waals surface area contributed by atoms with E-state index in [1.54, 1.807) is 0 Å². The van der Waals surface area contributed by atoms with Crippen molar-refractivity contribution in [2.75, 3.05) is 58.8 Å². The Hall–Kier alpha value is -2.64. The minimum absolute atomic E-state index is 0.155. The second-order valence-electron chi connectivity index (χ2n) is 8.19. The monoisotopic (exact) mass is 410 g/mol. The summed E-state index contributed by atoms with van der Waals surface area (Å²) in [5, 5.41) is 5.93. The average Bonchev–Trinajstić information content (AvgIpc) is 2.76. The third-order valence-electron chi connectivity index (χ3n) is 5.63. The number of anilines is 1. The predicted octanol–water partition coefficient (Wildman–Crippen LogP) is 1.81. The molecule has 0 spiro atoms. The maximum Gasteiger partial charge on any atom is 0.315 e. The van der Waals surface area contributed by atoms with Gasteiger partial charge in [0, 0.05) is 51.5 Å². The first kappa shape index (κ1) is 22.1. The summed E-state index contributed by atoms with van der Waals surface area (Å²) in [5.74, 6) is 1.01. The van der Waals surface area contributed by atoms with E-state index >= 15 is 0 Å². The van der Waals surface area contributed by atoms with Crippen LogP contribution in [0.2, 0.25) is 0 Å². The number of nitrogens with one attached hydrogen (secondary N) is 2. The number of piperazine rings is 1. The predicted molar refractivity (Wildman–Crippen MR) is 122 cm³/mol. The van der Waals surface area contributed by atoms with Crippen LogP contribution in [0, 0.1) is 0 Å². The van der Waals surface area contributed by atoms with Gasteiger partial charge in [-0.15, -0.1) is 0 Å². The average molecular weight is 411 g/mol. The minimum Gasteiger partial charge on any atom is -0.354 e. The van der Waals surface area contributed by atoms with E-state index in [2.05, 4.69) is 49.5 Å². The smallest absolute Gasteiger partial charge is 0.315 e. The van der Waals surface area contributed by atoms with Gasteiger partial charge in [0.05, 0.1) is 0 Å². The van der Waals surface area contributed by atoms with Gasteiger partial charge in [-0.25, -0.2) is 9.78 Å². The number of urea groups is 1. The SMILES string of the molecule is CN1CCN(c2ccc(CNC(=O)NCC(Cc3ccccc3)N(C)C)cn2)CC1. The molecule has 0 radical (unpaired) electrons. The third kappa shape index (κ3) is 6.71. The summed E-state index contributed by atoms with van der Waals surface area (Å²) in [6.45, 7) is 5.17. The largest absolute Gasteiger partial charge is 0.354 e. The van der Waals surface area contributed by atoms with Crippen molar-refractivity contribution in [3.05, 3.63) is 59.8 Å². The lowest BCUT2D eigenvalue weighted by Crippen LogP contribution is -2.45. The standard InChI is InChI=1S/C23H34N6O/c1-27(2)21(15-19-7-5-4-6-8-19)18-26-23(30)25-17-20-9-10-22(24-16-20)29-13-11-28(3)12-14-29/h4-10,16,21H,11-15,17-18H2,1-3H3,(H2,25,26,30). The number of likely N-dealkylation sites (N-methyl/N-ethyl adjacent to an activating group) is 2. The summed E-state index contributed by atoms with van der Waals surface area (Å²) >= 11 is 0. The first-order valence-electron chi connectivity index (χ1n) is 10.6. The molecule has 2 N–H and O–H groups in total. The molecule has 2 amide bonds. The zero-order valence-corrected chi connectivity index (χ0v) is 18.3. The molecule has 7 nitrogen and oxygen atoms in total. The van der Waals surface area contributed by atoms with Gasteiger partial charge < -0.3 is 25.3 Å². The van der Waals surface area contributed by atoms with Crippen molar-refractivity contribution in [3.63, 3.8) is 0 Å². The normalized spacial score (nSPS) is 15.8. The van der Waals surface area contributed by atoms with Crippen LogP contribution in [0.15, 0.2) is 48.7 Å². The van der Waals surface area contributed by atoms with Gasteiger partial charge in [-0.1, -0.05) is 36.4 Å². The van der Waals surface area contributed by atoms with Gasteiger partial charge in [-0.2, -0.15) is 0 Å². The molecular formula is C23H34N6O. The first-order chi connectivity index (χ1) is 14.5. The number of nitrogens with zero attached hydrogens (tertiary/aromatic N) is 4. The van der Waals surface area contributed by atoms with Crippen molar-refractivity contribution in [2.45, 2.75) is 19.0 Å². The lowest BCUT2D eigenvalue weighted by atomic mass is 10.1. The van der Waals surface area contributed by atoms with Gasteiger partial charge in [0.1, 0.15) is 5.82 Å². The molecule has 1 saturated heterocycles. The number of carbonyl (C=O) groups is 1. The maximum atomic E-state index is 12.3. The molecule has 3 rings (SSSR count). The number of amides is 2. The number of aromatic nitrogens is 1. The van der Waals surface area contributed by atoms with Crippen molar-refractivity contribution in [1.82, 2.24) is 25.4 Å². The van der Waals surface area contributed by atoms with E-state index in [0.29, 0.717) is 13.1 Å². The van der Waals surface area contributed by atoms with Crippen LogP contribution in [0.3, 0.4) is 0 Å². The van der Waals surface area contributed by atoms with E-state index in [-0.39, 0.29) is 12.1 Å². The summed E-state index contributed by atoms with van der Waals surface area (Å²) in [6, 6.07) is 14.5. The first-order valence-corrected chi connectivity index (χ1v) is 10.6. The number of benzene rings is 1. The molecule has 1 aliphatic rings. The molecule has 1 unspecified atom stereocenters. The molecule has 1 aromatic heterocycles. The second-order valence-corrected chi connectivity index (χ2v) is 8.19. The van der Waals surface area contributed by atoms with Crippen molar-refractivity contribution in [1.29, 1.82) is 0 Å².